The third kappa shape index (κ3) is 9.22. The number of sulfonamides is 1. The van der Waals surface area contributed by atoms with Crippen molar-refractivity contribution in [2.45, 2.75) is 115 Å². The van der Waals surface area contributed by atoms with Crippen molar-refractivity contribution in [1.82, 2.24) is 14.5 Å². The molecular weight excluding hydrogens is 709 g/mol. The maximum absolute atomic E-state index is 14.4. The summed E-state index contributed by atoms with van der Waals surface area (Å²) in [5.41, 5.74) is -1.01. The molecule has 0 radical (unpaired) electrons. The fraction of sp³-hybridized carbons (Fsp3) is 0.579. The molecule has 0 bridgehead atoms. The molecule has 4 aliphatic rings. The molecule has 2 aliphatic carbocycles. The fourth-order valence-electron chi connectivity index (χ4n) is 7.12. The zero-order valence-electron chi connectivity index (χ0n) is 30.7. The van der Waals surface area contributed by atoms with Gasteiger partial charge in [-0.1, -0.05) is 24.8 Å². The molecule has 2 saturated carbocycles. The van der Waals surface area contributed by atoms with Gasteiger partial charge in [0.2, 0.25) is 21.8 Å². The molecule has 53 heavy (non-hydrogen) atoms. The number of amides is 3. The van der Waals surface area contributed by atoms with E-state index in [4.69, 9.17) is 9.47 Å². The smallest absolute Gasteiger partial charge is 0.410 e. The van der Waals surface area contributed by atoms with Crippen LogP contribution in [0.1, 0.15) is 90.2 Å². The Bertz CT molecular complexity index is 1830. The summed E-state index contributed by atoms with van der Waals surface area (Å²) in [4.78, 5) is 83.5. The first kappa shape index (κ1) is 39.8. The van der Waals surface area contributed by atoms with Crippen LogP contribution in [0.5, 0.6) is 0 Å². The van der Waals surface area contributed by atoms with Gasteiger partial charge < -0.3 is 14.4 Å². The zero-order chi connectivity index (χ0) is 39.0. The van der Waals surface area contributed by atoms with Crippen LogP contribution in [0, 0.1) is 23.1 Å². The summed E-state index contributed by atoms with van der Waals surface area (Å²) in [6.45, 7) is 13.8. The van der Waals surface area contributed by atoms with Crippen molar-refractivity contribution in [2.75, 3.05) is 6.54 Å². The van der Waals surface area contributed by atoms with Crippen LogP contribution in [0.2, 0.25) is 0 Å². The summed E-state index contributed by atoms with van der Waals surface area (Å²) in [7, 11) is -3.92. The van der Waals surface area contributed by atoms with E-state index in [1.807, 2.05) is 0 Å². The first-order valence-electron chi connectivity index (χ1n) is 17.9. The van der Waals surface area contributed by atoms with Crippen molar-refractivity contribution < 1.29 is 51.0 Å². The number of likely N-dealkylation sites (tertiary alicyclic amines) is 1. The Balaban J connectivity index is 1.39. The number of halogens is 1. The number of nitrogens with one attached hydrogen (secondary N) is 1. The maximum atomic E-state index is 14.4. The third-order valence-electron chi connectivity index (χ3n) is 10.3. The molecule has 1 saturated heterocycles. The first-order chi connectivity index (χ1) is 24.7. The molecule has 2 aliphatic heterocycles. The second kappa shape index (κ2) is 15.2. The second-order valence-electron chi connectivity index (χ2n) is 15.7. The number of carbonyl (C=O) groups excluding carboxylic acids is 6. The summed E-state index contributed by atoms with van der Waals surface area (Å²) in [5.74, 6) is -5.08. The van der Waals surface area contributed by atoms with E-state index in [1.165, 1.54) is 28.9 Å². The van der Waals surface area contributed by atoms with Crippen molar-refractivity contribution in [1.29, 1.82) is 0 Å². The molecule has 288 valence electrons. The molecule has 3 fully saturated rings. The predicted molar refractivity (Wildman–Crippen MR) is 189 cm³/mol. The van der Waals surface area contributed by atoms with Gasteiger partial charge in [-0.2, -0.15) is 0 Å². The summed E-state index contributed by atoms with van der Waals surface area (Å²) in [6.07, 6.45) is -0.390. The number of carbonyl (C=O) groups is 6. The number of allylic oxidation sites excluding steroid dienone is 2. The van der Waals surface area contributed by atoms with Crippen molar-refractivity contribution in [2.24, 2.45) is 17.3 Å². The average Bonchev–Trinajstić information content (AvgIpc) is 3.96. The van der Waals surface area contributed by atoms with Gasteiger partial charge in [0.1, 0.15) is 17.5 Å². The lowest BCUT2D eigenvalue weighted by Gasteiger charge is -2.29. The molecular formula is C38H48FN3O10S. The van der Waals surface area contributed by atoms with E-state index >= 15 is 0 Å². The Morgan fingerprint density at radius 2 is 1.83 bits per heavy atom. The van der Waals surface area contributed by atoms with E-state index in [1.54, 1.807) is 32.9 Å². The number of benzene rings is 1. The molecule has 5 rings (SSSR count). The van der Waals surface area contributed by atoms with Crippen LogP contribution in [-0.2, 0) is 56.6 Å². The van der Waals surface area contributed by atoms with E-state index in [0.717, 1.165) is 0 Å². The molecule has 0 spiro atoms. The standard InChI is InChI=1S/C38H48FN3O10S/c1-7-25-17-38(25,35(47)40-53(49,50)27-12-13-27)18-32(44)30-16-26(51-36(48)41-19-24-9-8-10-29(39)28(24)21-41)20-42(30)34(46)23(11-14-31(43)22(2)3)15-33(45)52-37(4,5)6/h7-10,23,25-27,30H,1-2,11-21H2,3-6H3,(H,40,47)/t23-,25-,26-,30+,38-/m1/s1. The van der Waals surface area contributed by atoms with Crippen LogP contribution in [0.25, 0.3) is 0 Å². The molecule has 1 aromatic rings. The van der Waals surface area contributed by atoms with Gasteiger partial charge in [0, 0.05) is 37.3 Å². The monoisotopic (exact) mass is 757 g/mol. The number of hydrogen-bond donors (Lipinski definition) is 1. The number of esters is 1. The summed E-state index contributed by atoms with van der Waals surface area (Å²) in [6, 6.07) is 3.33. The van der Waals surface area contributed by atoms with Crippen LogP contribution < -0.4 is 4.72 Å². The van der Waals surface area contributed by atoms with E-state index in [-0.39, 0.29) is 56.7 Å². The molecule has 3 amide bonds. The number of Topliss-reactive ketones (excluding diaryl/α,β-unsaturated/α-hetero) is 2. The van der Waals surface area contributed by atoms with Crippen LogP contribution >= 0.6 is 0 Å². The SMILES string of the molecule is C=C[C@@H]1C[C@]1(CC(=O)[C@@H]1C[C@@H](OC(=O)N2Cc3cccc(F)c3C2)CN1C(=O)[C@H](CCC(=O)C(=C)C)CC(=O)OC(C)(C)C)C(=O)NS(=O)(=O)C1CC1. The minimum atomic E-state index is -3.92. The first-order valence-corrected chi connectivity index (χ1v) is 19.4. The van der Waals surface area contributed by atoms with E-state index in [2.05, 4.69) is 17.9 Å². The summed E-state index contributed by atoms with van der Waals surface area (Å²) in [5, 5.41) is -0.669. The highest BCUT2D eigenvalue weighted by molar-refractivity contribution is 7.90. The van der Waals surface area contributed by atoms with Crippen LogP contribution in [0.4, 0.5) is 9.18 Å². The van der Waals surface area contributed by atoms with Gasteiger partial charge in [-0.3, -0.25) is 33.6 Å². The Morgan fingerprint density at radius 1 is 1.13 bits per heavy atom. The lowest BCUT2D eigenvalue weighted by Crippen LogP contribution is -2.46. The third-order valence-corrected chi connectivity index (χ3v) is 12.1. The predicted octanol–water partition coefficient (Wildman–Crippen LogP) is 4.28. The number of ketones is 2. The van der Waals surface area contributed by atoms with E-state index in [0.29, 0.717) is 24.0 Å². The van der Waals surface area contributed by atoms with Crippen molar-refractivity contribution in [3.05, 3.63) is 60.0 Å². The largest absolute Gasteiger partial charge is 0.460 e. The highest BCUT2D eigenvalue weighted by Crippen LogP contribution is 2.57. The van der Waals surface area contributed by atoms with Crippen molar-refractivity contribution in [3.63, 3.8) is 0 Å². The van der Waals surface area contributed by atoms with Crippen LogP contribution in [-0.4, -0.2) is 83.2 Å². The minimum absolute atomic E-state index is 0.0301. The fourth-order valence-corrected chi connectivity index (χ4v) is 8.50. The van der Waals surface area contributed by atoms with Crippen molar-refractivity contribution in [3.8, 4) is 0 Å². The normalized spacial score (nSPS) is 24.1. The van der Waals surface area contributed by atoms with Crippen LogP contribution in [0.3, 0.4) is 0 Å². The number of nitrogens with zero attached hydrogens (tertiary/aromatic N) is 2. The quantitative estimate of drug-likeness (QED) is 0.155. The zero-order valence-corrected chi connectivity index (χ0v) is 31.5. The van der Waals surface area contributed by atoms with E-state index in [9.17, 15) is 41.6 Å². The molecule has 1 N–H and O–H groups in total. The lowest BCUT2D eigenvalue weighted by molar-refractivity contribution is -0.159. The van der Waals surface area contributed by atoms with Gasteiger partial charge in [0.05, 0.1) is 36.2 Å². The van der Waals surface area contributed by atoms with E-state index < -0.39 is 98.6 Å². The Morgan fingerprint density at radius 3 is 2.42 bits per heavy atom. The summed E-state index contributed by atoms with van der Waals surface area (Å²) >= 11 is 0. The Kier molecular flexibility index (Phi) is 11.4. The number of rotatable bonds is 15. The van der Waals surface area contributed by atoms with Gasteiger partial charge in [0.15, 0.2) is 11.6 Å². The number of fused-ring (bicyclic) bond motifs is 1. The van der Waals surface area contributed by atoms with Gasteiger partial charge in [0.25, 0.3) is 0 Å². The number of hydrogen-bond acceptors (Lipinski definition) is 10. The molecule has 0 aromatic heterocycles. The number of ether oxygens (including phenoxy) is 2. The van der Waals surface area contributed by atoms with Gasteiger partial charge in [-0.25, -0.2) is 17.6 Å². The van der Waals surface area contributed by atoms with Crippen LogP contribution in [0.15, 0.2) is 43.0 Å². The second-order valence-corrected chi connectivity index (χ2v) is 17.7. The van der Waals surface area contributed by atoms with Gasteiger partial charge in [-0.15, -0.1) is 6.58 Å². The minimum Gasteiger partial charge on any atom is -0.460 e. The average molecular weight is 758 g/mol. The highest BCUT2D eigenvalue weighted by Gasteiger charge is 2.61. The Hall–Kier alpha value is -4.40. The molecule has 2 heterocycles. The Labute approximate surface area is 309 Å². The molecule has 5 atom stereocenters. The van der Waals surface area contributed by atoms with Gasteiger partial charge >= 0.3 is 12.1 Å². The molecule has 1 aromatic carbocycles. The van der Waals surface area contributed by atoms with Crippen molar-refractivity contribution >= 4 is 45.5 Å². The molecule has 13 nitrogen and oxygen atoms in total. The maximum Gasteiger partial charge on any atom is 0.410 e. The molecule has 15 heteroatoms. The topological polar surface area (TPSA) is 174 Å². The molecule has 0 unspecified atom stereocenters. The lowest BCUT2D eigenvalue weighted by atomic mass is 9.90. The van der Waals surface area contributed by atoms with Gasteiger partial charge in [-0.05, 0) is 76.5 Å². The summed E-state index contributed by atoms with van der Waals surface area (Å²) < 4.78 is 53.2. The highest BCUT2D eigenvalue weighted by atomic mass is 32.2.